The van der Waals surface area contributed by atoms with Gasteiger partial charge in [0.1, 0.15) is 5.60 Å². The Morgan fingerprint density at radius 1 is 1.11 bits per heavy atom. The molecule has 0 bridgehead atoms. The van der Waals surface area contributed by atoms with Gasteiger partial charge in [-0.2, -0.15) is 0 Å². The quantitative estimate of drug-likeness (QED) is 0.587. The minimum Gasteiger partial charge on any atom is -0.444 e. The lowest BCUT2D eigenvalue weighted by Crippen LogP contribution is -2.33. The van der Waals surface area contributed by atoms with E-state index in [1.807, 2.05) is 0 Å². The highest BCUT2D eigenvalue weighted by Gasteiger charge is 2.15. The monoisotopic (exact) mass is 261 g/mol. The van der Waals surface area contributed by atoms with Gasteiger partial charge in [0.2, 0.25) is 0 Å². The molecule has 0 spiro atoms. The Bertz CT molecular complexity index is 260. The number of rotatable bonds is 6. The number of alkyl carbamates (subject to hydrolysis) is 1. The number of ether oxygens (including phenoxy) is 3. The molecule has 0 aromatic carbocycles. The molecule has 6 nitrogen and oxygen atoms in total. The van der Waals surface area contributed by atoms with Gasteiger partial charge < -0.3 is 19.5 Å². The second kappa shape index (κ2) is 8.60. The Balaban J connectivity index is 3.41. The molecule has 106 valence electrons. The van der Waals surface area contributed by atoms with E-state index in [-0.39, 0.29) is 6.61 Å². The van der Waals surface area contributed by atoms with E-state index in [0.717, 1.165) is 0 Å². The lowest BCUT2D eigenvalue weighted by Gasteiger charge is -2.19. The Morgan fingerprint density at radius 3 is 2.33 bits per heavy atom. The highest BCUT2D eigenvalue weighted by molar-refractivity contribution is 5.67. The fourth-order valence-electron chi connectivity index (χ4n) is 1.05. The summed E-state index contributed by atoms with van der Waals surface area (Å²) in [6.45, 7) is 8.21. The van der Waals surface area contributed by atoms with Crippen LogP contribution < -0.4 is 5.32 Å². The van der Waals surface area contributed by atoms with Gasteiger partial charge in [-0.15, -0.1) is 0 Å². The minimum absolute atomic E-state index is 0.287. The number of hydrogen-bond donors (Lipinski definition) is 1. The maximum Gasteiger partial charge on any atom is 0.508 e. The van der Waals surface area contributed by atoms with Crippen molar-refractivity contribution >= 4 is 12.2 Å². The third-order valence-corrected chi connectivity index (χ3v) is 1.72. The van der Waals surface area contributed by atoms with Crippen LogP contribution in [-0.4, -0.2) is 37.6 Å². The van der Waals surface area contributed by atoms with E-state index >= 15 is 0 Å². The van der Waals surface area contributed by atoms with Crippen LogP contribution in [0.5, 0.6) is 0 Å². The number of unbranched alkanes of at least 4 members (excludes halogenated alkanes) is 1. The van der Waals surface area contributed by atoms with Crippen molar-refractivity contribution in [2.45, 2.75) is 46.1 Å². The fourth-order valence-corrected chi connectivity index (χ4v) is 1.05. The van der Waals surface area contributed by atoms with E-state index in [2.05, 4.69) is 10.1 Å². The molecule has 0 saturated carbocycles. The largest absolute Gasteiger partial charge is 0.508 e. The van der Waals surface area contributed by atoms with Gasteiger partial charge in [-0.1, -0.05) is 0 Å². The van der Waals surface area contributed by atoms with Crippen molar-refractivity contribution in [2.75, 3.05) is 19.8 Å². The van der Waals surface area contributed by atoms with Crippen LogP contribution >= 0.6 is 0 Å². The van der Waals surface area contributed by atoms with Gasteiger partial charge in [-0.3, -0.25) is 0 Å². The molecular weight excluding hydrogens is 238 g/mol. The predicted octanol–water partition coefficient (Wildman–Crippen LogP) is 2.46. The zero-order chi connectivity index (χ0) is 14.0. The third-order valence-electron chi connectivity index (χ3n) is 1.72. The van der Waals surface area contributed by atoms with E-state index in [9.17, 15) is 9.59 Å². The molecule has 0 radical (unpaired) electrons. The van der Waals surface area contributed by atoms with Gasteiger partial charge in [-0.05, 0) is 40.5 Å². The maximum atomic E-state index is 11.2. The first-order valence-electron chi connectivity index (χ1n) is 6.11. The summed E-state index contributed by atoms with van der Waals surface area (Å²) >= 11 is 0. The van der Waals surface area contributed by atoms with Crippen LogP contribution in [0.2, 0.25) is 0 Å². The summed E-state index contributed by atoms with van der Waals surface area (Å²) < 4.78 is 14.4. The highest BCUT2D eigenvalue weighted by Crippen LogP contribution is 2.06. The van der Waals surface area contributed by atoms with Crippen molar-refractivity contribution in [1.29, 1.82) is 0 Å². The minimum atomic E-state index is -0.655. The number of carbonyl (C=O) groups excluding carboxylic acids is 2. The van der Waals surface area contributed by atoms with E-state index in [0.29, 0.717) is 26.0 Å². The maximum absolute atomic E-state index is 11.2. The average molecular weight is 261 g/mol. The topological polar surface area (TPSA) is 73.9 Å². The van der Waals surface area contributed by atoms with Crippen LogP contribution in [0.25, 0.3) is 0 Å². The number of amides is 1. The van der Waals surface area contributed by atoms with Crippen molar-refractivity contribution in [3.05, 3.63) is 0 Å². The summed E-state index contributed by atoms with van der Waals surface area (Å²) in [6.07, 6.45) is 0.277. The average Bonchev–Trinajstić information content (AvgIpc) is 2.21. The molecule has 0 saturated heterocycles. The first-order valence-corrected chi connectivity index (χ1v) is 6.11. The number of nitrogens with one attached hydrogen (secondary N) is 1. The smallest absolute Gasteiger partial charge is 0.444 e. The molecule has 0 aliphatic heterocycles. The lowest BCUT2D eigenvalue weighted by molar-refractivity contribution is 0.0507. The summed E-state index contributed by atoms with van der Waals surface area (Å²) in [5, 5.41) is 2.62. The van der Waals surface area contributed by atoms with Crippen LogP contribution in [0.4, 0.5) is 9.59 Å². The van der Waals surface area contributed by atoms with Crippen molar-refractivity contribution in [3.8, 4) is 0 Å². The van der Waals surface area contributed by atoms with Crippen molar-refractivity contribution in [1.82, 2.24) is 5.32 Å². The van der Waals surface area contributed by atoms with Crippen molar-refractivity contribution in [2.24, 2.45) is 0 Å². The molecule has 0 aliphatic carbocycles. The standard InChI is InChI=1S/C12H23NO5/c1-5-16-11(15)17-9-7-6-8-13-10(14)18-12(2,3)4/h5-9H2,1-4H3,(H,13,14). The van der Waals surface area contributed by atoms with E-state index < -0.39 is 17.8 Å². The fraction of sp³-hybridized carbons (Fsp3) is 0.833. The van der Waals surface area contributed by atoms with Crippen LogP contribution in [0.1, 0.15) is 40.5 Å². The lowest BCUT2D eigenvalue weighted by atomic mass is 10.2. The van der Waals surface area contributed by atoms with Gasteiger partial charge in [0.15, 0.2) is 0 Å². The molecular formula is C12H23NO5. The summed E-state index contributed by atoms with van der Waals surface area (Å²) in [4.78, 5) is 22.1. The molecule has 1 amide bonds. The van der Waals surface area contributed by atoms with Gasteiger partial charge in [0.25, 0.3) is 0 Å². The Labute approximate surface area is 108 Å². The van der Waals surface area contributed by atoms with Crippen molar-refractivity contribution < 1.29 is 23.8 Å². The molecule has 0 unspecified atom stereocenters. The van der Waals surface area contributed by atoms with Crippen LogP contribution in [0.3, 0.4) is 0 Å². The third kappa shape index (κ3) is 11.0. The Morgan fingerprint density at radius 2 is 1.78 bits per heavy atom. The van der Waals surface area contributed by atoms with Gasteiger partial charge in [0.05, 0.1) is 13.2 Å². The molecule has 18 heavy (non-hydrogen) atoms. The normalized spacial score (nSPS) is 10.7. The molecule has 0 aromatic rings. The predicted molar refractivity (Wildman–Crippen MR) is 66.4 cm³/mol. The molecule has 1 N–H and O–H groups in total. The van der Waals surface area contributed by atoms with Gasteiger partial charge in [-0.25, -0.2) is 9.59 Å². The van der Waals surface area contributed by atoms with E-state index in [1.54, 1.807) is 27.7 Å². The second-order valence-corrected chi connectivity index (χ2v) is 4.67. The molecule has 0 aromatic heterocycles. The molecule has 0 atom stereocenters. The Hall–Kier alpha value is -1.46. The van der Waals surface area contributed by atoms with Crippen molar-refractivity contribution in [3.63, 3.8) is 0 Å². The van der Waals surface area contributed by atoms with Crippen LogP contribution in [0.15, 0.2) is 0 Å². The van der Waals surface area contributed by atoms with Crippen LogP contribution in [0, 0.1) is 0 Å². The molecule has 0 fully saturated rings. The second-order valence-electron chi connectivity index (χ2n) is 4.67. The SMILES string of the molecule is CCOC(=O)OCCCCNC(=O)OC(C)(C)C. The molecule has 0 aliphatic rings. The summed E-state index contributed by atoms with van der Waals surface area (Å²) in [7, 11) is 0. The first kappa shape index (κ1) is 16.5. The highest BCUT2D eigenvalue weighted by atomic mass is 16.7. The molecule has 0 heterocycles. The summed E-state index contributed by atoms with van der Waals surface area (Å²) in [6, 6.07) is 0. The van der Waals surface area contributed by atoms with Crippen LogP contribution in [-0.2, 0) is 14.2 Å². The van der Waals surface area contributed by atoms with Gasteiger partial charge in [0, 0.05) is 6.54 Å². The van der Waals surface area contributed by atoms with E-state index in [4.69, 9.17) is 9.47 Å². The zero-order valence-electron chi connectivity index (χ0n) is 11.6. The Kier molecular flexibility index (Phi) is 7.91. The number of carbonyl (C=O) groups is 2. The van der Waals surface area contributed by atoms with E-state index in [1.165, 1.54) is 0 Å². The number of hydrogen-bond acceptors (Lipinski definition) is 5. The zero-order valence-corrected chi connectivity index (χ0v) is 11.6. The molecule has 0 rings (SSSR count). The summed E-state index contributed by atoms with van der Waals surface area (Å²) in [5.41, 5.74) is -0.489. The molecule has 6 heteroatoms. The summed E-state index contributed by atoms with van der Waals surface area (Å²) in [5.74, 6) is 0. The van der Waals surface area contributed by atoms with Gasteiger partial charge >= 0.3 is 12.2 Å². The first-order chi connectivity index (χ1) is 8.35.